The minimum Gasteiger partial charge on any atom is -0.340 e. The molecular weight excluding hydrogens is 214 g/mol. The van der Waals surface area contributed by atoms with Crippen LogP contribution in [0, 0.1) is 5.92 Å². The zero-order chi connectivity index (χ0) is 12.7. The second kappa shape index (κ2) is 7.67. The molecule has 1 rings (SSSR count). The van der Waals surface area contributed by atoms with Crippen LogP contribution in [0.2, 0.25) is 0 Å². The van der Waals surface area contributed by atoms with Crippen molar-refractivity contribution in [1.82, 2.24) is 9.80 Å². The van der Waals surface area contributed by atoms with E-state index in [0.29, 0.717) is 18.2 Å². The van der Waals surface area contributed by atoms with E-state index in [9.17, 15) is 4.79 Å². The van der Waals surface area contributed by atoms with Gasteiger partial charge in [0.1, 0.15) is 0 Å². The molecule has 0 radical (unpaired) electrons. The molecule has 1 fully saturated rings. The van der Waals surface area contributed by atoms with Crippen LogP contribution in [0.4, 0.5) is 0 Å². The van der Waals surface area contributed by atoms with E-state index in [0.717, 1.165) is 52.0 Å². The summed E-state index contributed by atoms with van der Waals surface area (Å²) < 4.78 is 0. The number of hydrogen-bond acceptors (Lipinski definition) is 3. The van der Waals surface area contributed by atoms with Crippen LogP contribution >= 0.6 is 0 Å². The fraction of sp³-hybridized carbons (Fsp3) is 0.923. The third kappa shape index (κ3) is 5.04. The van der Waals surface area contributed by atoms with Gasteiger partial charge in [0, 0.05) is 32.6 Å². The maximum atomic E-state index is 12.0. The van der Waals surface area contributed by atoms with Crippen molar-refractivity contribution in [3.05, 3.63) is 0 Å². The summed E-state index contributed by atoms with van der Waals surface area (Å²) in [6.45, 7) is 6.71. The highest BCUT2D eigenvalue weighted by atomic mass is 16.2. The zero-order valence-corrected chi connectivity index (χ0v) is 11.3. The zero-order valence-electron chi connectivity index (χ0n) is 11.3. The largest absolute Gasteiger partial charge is 0.340 e. The summed E-state index contributed by atoms with van der Waals surface area (Å²) in [5, 5.41) is 0. The van der Waals surface area contributed by atoms with E-state index in [1.807, 2.05) is 4.90 Å². The van der Waals surface area contributed by atoms with Crippen LogP contribution in [0.25, 0.3) is 0 Å². The first-order chi connectivity index (χ1) is 8.17. The Kier molecular flexibility index (Phi) is 6.52. The smallest absolute Gasteiger partial charge is 0.222 e. The second-order valence-corrected chi connectivity index (χ2v) is 5.07. The number of likely N-dealkylation sites (N-methyl/N-ethyl adjacent to an activating group) is 1. The van der Waals surface area contributed by atoms with Gasteiger partial charge in [0.2, 0.25) is 5.91 Å². The number of carbonyl (C=O) groups excluding carboxylic acids is 1. The highest BCUT2D eigenvalue weighted by Gasteiger charge is 2.19. The van der Waals surface area contributed by atoms with Crippen LogP contribution in [0.3, 0.4) is 0 Å². The number of nitrogens with two attached hydrogens (primary N) is 1. The normalized spacial score (nSPS) is 19.4. The second-order valence-electron chi connectivity index (χ2n) is 5.07. The molecule has 0 saturated carbocycles. The molecule has 0 aromatic rings. The van der Waals surface area contributed by atoms with Gasteiger partial charge in [-0.2, -0.15) is 0 Å². The van der Waals surface area contributed by atoms with Crippen LogP contribution in [0.5, 0.6) is 0 Å². The molecule has 1 aliphatic heterocycles. The number of rotatable bonds is 6. The van der Waals surface area contributed by atoms with E-state index in [4.69, 9.17) is 5.73 Å². The van der Waals surface area contributed by atoms with Crippen LogP contribution in [0.1, 0.15) is 32.6 Å². The van der Waals surface area contributed by atoms with Gasteiger partial charge in [0.15, 0.2) is 0 Å². The molecule has 4 nitrogen and oxygen atoms in total. The van der Waals surface area contributed by atoms with Gasteiger partial charge in [-0.05, 0) is 32.4 Å². The van der Waals surface area contributed by atoms with E-state index in [2.05, 4.69) is 18.9 Å². The minimum atomic E-state index is 0.327. The first-order valence-electron chi connectivity index (χ1n) is 6.83. The third-order valence-electron chi connectivity index (χ3n) is 3.77. The lowest BCUT2D eigenvalue weighted by Crippen LogP contribution is -2.47. The van der Waals surface area contributed by atoms with E-state index in [1.165, 1.54) is 0 Å². The maximum Gasteiger partial charge on any atom is 0.222 e. The number of piperazine rings is 1. The summed E-state index contributed by atoms with van der Waals surface area (Å²) in [5.41, 5.74) is 5.57. The molecule has 17 heavy (non-hydrogen) atoms. The summed E-state index contributed by atoms with van der Waals surface area (Å²) in [4.78, 5) is 16.3. The monoisotopic (exact) mass is 241 g/mol. The molecule has 1 unspecified atom stereocenters. The molecule has 0 aliphatic carbocycles. The van der Waals surface area contributed by atoms with Crippen molar-refractivity contribution < 1.29 is 4.79 Å². The van der Waals surface area contributed by atoms with Crippen molar-refractivity contribution in [1.29, 1.82) is 0 Å². The Morgan fingerprint density at radius 1 is 1.24 bits per heavy atom. The fourth-order valence-electron chi connectivity index (χ4n) is 2.33. The number of hydrogen-bond donors (Lipinski definition) is 1. The topological polar surface area (TPSA) is 49.6 Å². The fourth-order valence-corrected chi connectivity index (χ4v) is 2.33. The van der Waals surface area contributed by atoms with Crippen molar-refractivity contribution in [3.8, 4) is 0 Å². The average Bonchev–Trinajstić information content (AvgIpc) is 2.35. The Balaban J connectivity index is 2.24. The van der Waals surface area contributed by atoms with Gasteiger partial charge >= 0.3 is 0 Å². The van der Waals surface area contributed by atoms with E-state index >= 15 is 0 Å². The molecule has 1 saturated heterocycles. The molecule has 100 valence electrons. The summed E-state index contributed by atoms with van der Waals surface area (Å²) >= 11 is 0. The van der Waals surface area contributed by atoms with Gasteiger partial charge in [-0.25, -0.2) is 0 Å². The number of nitrogens with zero attached hydrogens (tertiary/aromatic N) is 2. The van der Waals surface area contributed by atoms with E-state index in [-0.39, 0.29) is 0 Å². The highest BCUT2D eigenvalue weighted by molar-refractivity contribution is 5.76. The van der Waals surface area contributed by atoms with Crippen LogP contribution in [-0.2, 0) is 4.79 Å². The summed E-state index contributed by atoms with van der Waals surface area (Å²) in [6.07, 6.45) is 3.88. The molecule has 1 aliphatic rings. The van der Waals surface area contributed by atoms with Gasteiger partial charge in [0.05, 0.1) is 0 Å². The van der Waals surface area contributed by atoms with Gasteiger partial charge < -0.3 is 15.5 Å². The molecule has 1 heterocycles. The molecule has 1 atom stereocenters. The number of carbonyl (C=O) groups is 1. The predicted molar refractivity (Wildman–Crippen MR) is 70.8 cm³/mol. The van der Waals surface area contributed by atoms with Crippen molar-refractivity contribution in [2.45, 2.75) is 32.6 Å². The predicted octanol–water partition coefficient (Wildman–Crippen LogP) is 0.916. The van der Waals surface area contributed by atoms with Crippen molar-refractivity contribution in [2.75, 3.05) is 39.8 Å². The Bertz CT molecular complexity index is 225. The third-order valence-corrected chi connectivity index (χ3v) is 3.77. The van der Waals surface area contributed by atoms with E-state index in [1.54, 1.807) is 0 Å². The van der Waals surface area contributed by atoms with Crippen LogP contribution < -0.4 is 5.73 Å². The SMILES string of the molecule is CCC(CCN)CCC(=O)N1CCN(C)CC1. The molecule has 0 aromatic heterocycles. The molecular formula is C13H27N3O. The highest BCUT2D eigenvalue weighted by Crippen LogP contribution is 2.15. The standard InChI is InChI=1S/C13H27N3O/c1-3-12(6-7-14)4-5-13(17)16-10-8-15(2)9-11-16/h12H,3-11,14H2,1-2H3. The van der Waals surface area contributed by atoms with E-state index < -0.39 is 0 Å². The van der Waals surface area contributed by atoms with Crippen LogP contribution in [0.15, 0.2) is 0 Å². The lowest BCUT2D eigenvalue weighted by Gasteiger charge is -2.32. The molecule has 0 bridgehead atoms. The first-order valence-corrected chi connectivity index (χ1v) is 6.83. The lowest BCUT2D eigenvalue weighted by molar-refractivity contribution is -0.133. The van der Waals surface area contributed by atoms with Crippen LogP contribution in [-0.4, -0.2) is 55.5 Å². The Labute approximate surface area is 105 Å². The Morgan fingerprint density at radius 3 is 2.41 bits per heavy atom. The molecule has 0 spiro atoms. The van der Waals surface area contributed by atoms with Gasteiger partial charge in [0.25, 0.3) is 0 Å². The molecule has 4 heteroatoms. The van der Waals surface area contributed by atoms with Crippen molar-refractivity contribution in [3.63, 3.8) is 0 Å². The van der Waals surface area contributed by atoms with Crippen molar-refractivity contribution in [2.24, 2.45) is 11.7 Å². The lowest BCUT2D eigenvalue weighted by atomic mass is 9.96. The number of amides is 1. The van der Waals surface area contributed by atoms with Gasteiger partial charge in [-0.3, -0.25) is 4.79 Å². The summed E-state index contributed by atoms with van der Waals surface area (Å²) in [5.74, 6) is 0.949. The minimum absolute atomic E-state index is 0.327. The Hall–Kier alpha value is -0.610. The quantitative estimate of drug-likeness (QED) is 0.752. The molecule has 1 amide bonds. The van der Waals surface area contributed by atoms with Crippen molar-refractivity contribution >= 4 is 5.91 Å². The first kappa shape index (κ1) is 14.5. The summed E-state index contributed by atoms with van der Waals surface area (Å²) in [7, 11) is 2.11. The molecule has 0 aromatic carbocycles. The van der Waals surface area contributed by atoms with Gasteiger partial charge in [-0.15, -0.1) is 0 Å². The Morgan fingerprint density at radius 2 is 1.88 bits per heavy atom. The average molecular weight is 241 g/mol. The summed E-state index contributed by atoms with van der Waals surface area (Å²) in [6, 6.07) is 0. The van der Waals surface area contributed by atoms with Gasteiger partial charge in [-0.1, -0.05) is 13.3 Å². The maximum absolute atomic E-state index is 12.0. The molecule has 2 N–H and O–H groups in total.